The van der Waals surface area contributed by atoms with E-state index in [0.29, 0.717) is 18.0 Å². The molecule has 4 rings (SSSR count). The summed E-state index contributed by atoms with van der Waals surface area (Å²) in [6, 6.07) is 5.37. The minimum Gasteiger partial charge on any atom is -0.480 e. The van der Waals surface area contributed by atoms with E-state index >= 15 is 0 Å². The lowest BCUT2D eigenvalue weighted by Gasteiger charge is -2.32. The Hall–Kier alpha value is -2.30. The van der Waals surface area contributed by atoms with Gasteiger partial charge >= 0.3 is 5.97 Å². The Morgan fingerprint density at radius 3 is 2.68 bits per heavy atom. The summed E-state index contributed by atoms with van der Waals surface area (Å²) in [5, 5.41) is 10.7. The second-order valence-corrected chi connectivity index (χ2v) is 7.64. The maximum absolute atomic E-state index is 13.2. The fourth-order valence-electron chi connectivity index (χ4n) is 4.83. The fraction of sp³-hybridized carbons (Fsp3) is 0.500. The monoisotopic (exact) mass is 340 g/mol. The van der Waals surface area contributed by atoms with E-state index in [9.17, 15) is 14.7 Å². The van der Waals surface area contributed by atoms with Gasteiger partial charge in [-0.05, 0) is 62.3 Å². The number of aryl methyl sites for hydroxylation is 2. The van der Waals surface area contributed by atoms with Crippen molar-refractivity contribution in [2.75, 3.05) is 0 Å². The van der Waals surface area contributed by atoms with E-state index < -0.39 is 12.0 Å². The first kappa shape index (κ1) is 16.2. The molecule has 1 amide bonds. The zero-order valence-corrected chi connectivity index (χ0v) is 14.7. The number of carbonyl (C=O) groups excluding carboxylic acids is 1. The number of aliphatic carboxylic acids is 1. The molecule has 2 fully saturated rings. The summed E-state index contributed by atoms with van der Waals surface area (Å²) in [5.41, 5.74) is 3.70. The smallest absolute Gasteiger partial charge is 0.326 e. The predicted molar refractivity (Wildman–Crippen MR) is 95.7 cm³/mol. The number of aromatic nitrogens is 1. The molecule has 5 heteroatoms. The quantitative estimate of drug-likeness (QED) is 0.876. The van der Waals surface area contributed by atoms with Gasteiger partial charge in [0, 0.05) is 16.9 Å². The molecule has 3 atom stereocenters. The van der Waals surface area contributed by atoms with Crippen LogP contribution in [0.25, 0.3) is 10.9 Å². The number of nitrogens with one attached hydrogen (secondary N) is 1. The van der Waals surface area contributed by atoms with Crippen LogP contribution in [0.3, 0.4) is 0 Å². The topological polar surface area (TPSA) is 73.4 Å². The van der Waals surface area contributed by atoms with Gasteiger partial charge in [-0.3, -0.25) is 4.79 Å². The van der Waals surface area contributed by atoms with E-state index in [1.165, 1.54) is 0 Å². The second-order valence-electron chi connectivity index (χ2n) is 7.64. The first-order valence-electron chi connectivity index (χ1n) is 9.11. The Morgan fingerprint density at radius 1 is 1.16 bits per heavy atom. The van der Waals surface area contributed by atoms with Crippen molar-refractivity contribution in [1.29, 1.82) is 0 Å². The zero-order valence-electron chi connectivity index (χ0n) is 14.7. The van der Waals surface area contributed by atoms with Crippen LogP contribution in [-0.4, -0.2) is 39.0 Å². The van der Waals surface area contributed by atoms with E-state index in [1.54, 1.807) is 4.90 Å². The SMILES string of the molecule is Cc1cc(C)c2cc(C(=O)N3C(C(=O)O)CC4CCCCC43)[nH]c2c1. The maximum atomic E-state index is 13.2. The van der Waals surface area contributed by atoms with Crippen LogP contribution in [0, 0.1) is 19.8 Å². The predicted octanol–water partition coefficient (Wildman–Crippen LogP) is 3.64. The summed E-state index contributed by atoms with van der Waals surface area (Å²) in [6.45, 7) is 4.06. The minimum absolute atomic E-state index is 0.0663. The number of nitrogens with zero attached hydrogens (tertiary/aromatic N) is 1. The van der Waals surface area contributed by atoms with Crippen molar-refractivity contribution in [3.05, 3.63) is 35.0 Å². The van der Waals surface area contributed by atoms with Gasteiger partial charge in [0.1, 0.15) is 11.7 Å². The number of H-pyrrole nitrogens is 1. The molecular weight excluding hydrogens is 316 g/mol. The summed E-state index contributed by atoms with van der Waals surface area (Å²) in [5.74, 6) is -0.729. The third-order valence-electron chi connectivity index (χ3n) is 5.93. The Kier molecular flexibility index (Phi) is 3.82. The Labute approximate surface area is 147 Å². The molecule has 0 radical (unpaired) electrons. The second kappa shape index (κ2) is 5.90. The number of rotatable bonds is 2. The van der Waals surface area contributed by atoms with Gasteiger partial charge in [0.25, 0.3) is 5.91 Å². The van der Waals surface area contributed by atoms with Crippen molar-refractivity contribution >= 4 is 22.8 Å². The molecular formula is C20H24N2O3. The van der Waals surface area contributed by atoms with Crippen LogP contribution in [-0.2, 0) is 4.79 Å². The third kappa shape index (κ3) is 2.62. The van der Waals surface area contributed by atoms with E-state index in [0.717, 1.165) is 47.7 Å². The number of benzene rings is 1. The zero-order chi connectivity index (χ0) is 17.7. The molecule has 1 aromatic heterocycles. The highest BCUT2D eigenvalue weighted by Crippen LogP contribution is 2.40. The van der Waals surface area contributed by atoms with Gasteiger partial charge < -0.3 is 15.0 Å². The summed E-state index contributed by atoms with van der Waals surface area (Å²) in [7, 11) is 0. The molecule has 1 saturated carbocycles. The van der Waals surface area contributed by atoms with Crippen molar-refractivity contribution in [1.82, 2.24) is 9.88 Å². The number of likely N-dealkylation sites (tertiary alicyclic amines) is 1. The molecule has 25 heavy (non-hydrogen) atoms. The van der Waals surface area contributed by atoms with Gasteiger partial charge in [0.2, 0.25) is 0 Å². The van der Waals surface area contributed by atoms with E-state index in [-0.39, 0.29) is 11.9 Å². The van der Waals surface area contributed by atoms with Gasteiger partial charge in [-0.25, -0.2) is 4.79 Å². The largest absolute Gasteiger partial charge is 0.480 e. The van der Waals surface area contributed by atoms with Crippen molar-refractivity contribution in [3.63, 3.8) is 0 Å². The van der Waals surface area contributed by atoms with Gasteiger partial charge in [-0.2, -0.15) is 0 Å². The molecule has 1 aromatic carbocycles. The van der Waals surface area contributed by atoms with Crippen LogP contribution >= 0.6 is 0 Å². The summed E-state index contributed by atoms with van der Waals surface area (Å²) >= 11 is 0. The minimum atomic E-state index is -0.883. The standard InChI is InChI=1S/C20H24N2O3/c1-11-7-12(2)14-10-16(21-15(14)8-11)19(23)22-17-6-4-3-5-13(17)9-18(22)20(24)25/h7-8,10,13,17-18,21H,3-6,9H2,1-2H3,(H,24,25). The molecule has 2 aromatic rings. The molecule has 1 saturated heterocycles. The molecule has 1 aliphatic carbocycles. The van der Waals surface area contributed by atoms with Crippen molar-refractivity contribution in [3.8, 4) is 0 Å². The van der Waals surface area contributed by atoms with Gasteiger partial charge in [-0.1, -0.05) is 18.9 Å². The number of carboxylic acids is 1. The summed E-state index contributed by atoms with van der Waals surface area (Å²) in [4.78, 5) is 29.8. The van der Waals surface area contributed by atoms with Gasteiger partial charge in [0.05, 0.1) is 0 Å². The van der Waals surface area contributed by atoms with Crippen LogP contribution in [0.4, 0.5) is 0 Å². The summed E-state index contributed by atoms with van der Waals surface area (Å²) < 4.78 is 0. The Bertz CT molecular complexity index is 854. The first-order chi connectivity index (χ1) is 12.0. The van der Waals surface area contributed by atoms with E-state index in [1.807, 2.05) is 26.0 Å². The average molecular weight is 340 g/mol. The number of aromatic amines is 1. The lowest BCUT2D eigenvalue weighted by atomic mass is 9.84. The first-order valence-corrected chi connectivity index (χ1v) is 9.11. The van der Waals surface area contributed by atoms with E-state index in [2.05, 4.69) is 11.1 Å². The molecule has 2 N–H and O–H groups in total. The lowest BCUT2D eigenvalue weighted by Crippen LogP contribution is -2.46. The molecule has 3 unspecified atom stereocenters. The van der Waals surface area contributed by atoms with Crippen LogP contribution in [0.2, 0.25) is 0 Å². The van der Waals surface area contributed by atoms with Crippen molar-refractivity contribution < 1.29 is 14.7 Å². The molecule has 2 aliphatic rings. The highest BCUT2D eigenvalue weighted by atomic mass is 16.4. The van der Waals surface area contributed by atoms with E-state index in [4.69, 9.17) is 0 Å². The molecule has 0 bridgehead atoms. The number of carboxylic acid groups (broad SMARTS) is 1. The Balaban J connectivity index is 1.73. The normalized spacial score (nSPS) is 26.0. The number of amides is 1. The van der Waals surface area contributed by atoms with Crippen molar-refractivity contribution in [2.24, 2.45) is 5.92 Å². The average Bonchev–Trinajstić information content (AvgIpc) is 3.15. The number of hydrogen-bond acceptors (Lipinski definition) is 2. The summed E-state index contributed by atoms with van der Waals surface area (Å²) in [6.07, 6.45) is 4.74. The van der Waals surface area contributed by atoms with Crippen LogP contribution in [0.1, 0.15) is 53.7 Å². The van der Waals surface area contributed by atoms with Crippen LogP contribution in [0.5, 0.6) is 0 Å². The van der Waals surface area contributed by atoms with Gasteiger partial charge in [0.15, 0.2) is 0 Å². The molecule has 0 spiro atoms. The third-order valence-corrected chi connectivity index (χ3v) is 5.93. The molecule has 1 aliphatic heterocycles. The molecule has 132 valence electrons. The number of hydrogen-bond donors (Lipinski definition) is 2. The van der Waals surface area contributed by atoms with Crippen LogP contribution < -0.4 is 0 Å². The molecule has 2 heterocycles. The lowest BCUT2D eigenvalue weighted by molar-refractivity contribution is -0.141. The Morgan fingerprint density at radius 2 is 1.92 bits per heavy atom. The van der Waals surface area contributed by atoms with Gasteiger partial charge in [-0.15, -0.1) is 0 Å². The van der Waals surface area contributed by atoms with Crippen molar-refractivity contribution in [2.45, 2.75) is 58.0 Å². The highest BCUT2D eigenvalue weighted by Gasteiger charge is 2.47. The molecule has 5 nitrogen and oxygen atoms in total. The number of carbonyl (C=O) groups is 2. The fourth-order valence-corrected chi connectivity index (χ4v) is 4.83. The maximum Gasteiger partial charge on any atom is 0.326 e. The number of fused-ring (bicyclic) bond motifs is 2. The highest BCUT2D eigenvalue weighted by molar-refractivity contribution is 6.00. The van der Waals surface area contributed by atoms with Crippen LogP contribution in [0.15, 0.2) is 18.2 Å².